The second kappa shape index (κ2) is 10.1. The number of likely N-dealkylation sites (tertiary alicyclic amines) is 1. The number of urea groups is 1. The lowest BCUT2D eigenvalue weighted by atomic mass is 9.95. The van der Waals surface area contributed by atoms with Crippen molar-refractivity contribution in [3.05, 3.63) is 63.6 Å². The van der Waals surface area contributed by atoms with E-state index in [9.17, 15) is 14.7 Å². The molecule has 0 aliphatic carbocycles. The van der Waals surface area contributed by atoms with Crippen molar-refractivity contribution in [2.45, 2.75) is 52.3 Å². The predicted molar refractivity (Wildman–Crippen MR) is 128 cm³/mol. The van der Waals surface area contributed by atoms with Gasteiger partial charge in [-0.25, -0.2) is 4.79 Å². The lowest BCUT2D eigenvalue weighted by molar-refractivity contribution is -0.128. The molecule has 1 heterocycles. The highest BCUT2D eigenvalue weighted by atomic mass is 35.5. The molecule has 3 rings (SSSR count). The summed E-state index contributed by atoms with van der Waals surface area (Å²) >= 11 is 12.1. The van der Waals surface area contributed by atoms with Crippen LogP contribution in [-0.2, 0) is 11.3 Å². The van der Waals surface area contributed by atoms with Crippen molar-refractivity contribution in [2.24, 2.45) is 5.41 Å². The van der Waals surface area contributed by atoms with Gasteiger partial charge in [-0.1, -0.05) is 62.2 Å². The van der Waals surface area contributed by atoms with E-state index in [1.165, 1.54) is 0 Å². The number of nitrogens with zero attached hydrogens (tertiary/aromatic N) is 1. The van der Waals surface area contributed by atoms with E-state index < -0.39 is 11.5 Å². The number of nitrogens with one attached hydrogen (secondary N) is 2. The van der Waals surface area contributed by atoms with Crippen molar-refractivity contribution in [3.8, 4) is 0 Å². The van der Waals surface area contributed by atoms with Crippen LogP contribution in [0, 0.1) is 5.41 Å². The van der Waals surface area contributed by atoms with Gasteiger partial charge in [0, 0.05) is 24.2 Å². The maximum Gasteiger partial charge on any atom is 0.322 e. The van der Waals surface area contributed by atoms with Gasteiger partial charge in [0.15, 0.2) is 0 Å². The monoisotopic (exact) mass is 477 g/mol. The number of anilines is 1. The minimum absolute atomic E-state index is 0.0181. The molecule has 0 radical (unpaired) electrons. The fourth-order valence-electron chi connectivity index (χ4n) is 3.64. The second-order valence-electron chi connectivity index (χ2n) is 9.08. The zero-order chi connectivity index (χ0) is 23.5. The molecule has 0 unspecified atom stereocenters. The van der Waals surface area contributed by atoms with E-state index in [0.29, 0.717) is 40.8 Å². The quantitative estimate of drug-likeness (QED) is 0.539. The molecule has 0 saturated carbocycles. The van der Waals surface area contributed by atoms with Crippen LogP contribution in [0.15, 0.2) is 42.5 Å². The van der Waals surface area contributed by atoms with Crippen LogP contribution < -0.4 is 10.6 Å². The van der Waals surface area contributed by atoms with Crippen LogP contribution in [0.2, 0.25) is 10.0 Å². The Labute approximate surface area is 198 Å². The van der Waals surface area contributed by atoms with Gasteiger partial charge in [-0.05, 0) is 48.2 Å². The fraction of sp³-hybridized carbons (Fsp3) is 0.417. The molecule has 3 amide bonds. The first kappa shape index (κ1) is 24.4. The third kappa shape index (κ3) is 5.94. The van der Waals surface area contributed by atoms with Crippen molar-refractivity contribution in [3.63, 3.8) is 0 Å². The zero-order valence-electron chi connectivity index (χ0n) is 18.5. The van der Waals surface area contributed by atoms with Gasteiger partial charge >= 0.3 is 6.03 Å². The standard InChI is InChI=1S/C24H29Cl2N3O3/c1-24(2,3)22(31)27-14-15-6-9-17(10-7-15)28-23(32)29-12-4-5-20(29)21(30)16-8-11-18(25)19(26)13-16/h6-11,13,20-21,30H,4-5,12,14H2,1-3H3,(H,27,31)(H,28,32)/t20-,21-/m1/s1. The van der Waals surface area contributed by atoms with E-state index in [1.54, 1.807) is 35.2 Å². The van der Waals surface area contributed by atoms with E-state index in [2.05, 4.69) is 10.6 Å². The van der Waals surface area contributed by atoms with Gasteiger partial charge in [0.25, 0.3) is 0 Å². The Balaban J connectivity index is 1.60. The summed E-state index contributed by atoms with van der Waals surface area (Å²) in [7, 11) is 0. The van der Waals surface area contributed by atoms with Crippen LogP contribution in [0.5, 0.6) is 0 Å². The molecular formula is C24H29Cl2N3O3. The molecule has 1 aliphatic heterocycles. The number of carbonyl (C=O) groups excluding carboxylic acids is 2. The van der Waals surface area contributed by atoms with Crippen molar-refractivity contribution in [1.29, 1.82) is 0 Å². The van der Waals surface area contributed by atoms with Crippen molar-refractivity contribution < 1.29 is 14.7 Å². The maximum atomic E-state index is 12.9. The lowest BCUT2D eigenvalue weighted by Gasteiger charge is -2.29. The molecule has 1 aliphatic rings. The first-order valence-corrected chi connectivity index (χ1v) is 11.4. The molecule has 1 saturated heterocycles. The Morgan fingerprint density at radius 1 is 1.12 bits per heavy atom. The third-order valence-corrected chi connectivity index (χ3v) is 6.29. The molecule has 0 spiro atoms. The number of benzene rings is 2. The molecule has 32 heavy (non-hydrogen) atoms. The molecule has 0 aromatic heterocycles. The van der Waals surface area contributed by atoms with E-state index in [1.807, 2.05) is 32.9 Å². The van der Waals surface area contributed by atoms with Crippen molar-refractivity contribution in [1.82, 2.24) is 10.2 Å². The number of rotatable bonds is 5. The molecule has 3 N–H and O–H groups in total. The number of aliphatic hydroxyl groups excluding tert-OH is 1. The molecule has 2 aromatic rings. The van der Waals surface area contributed by atoms with Crippen molar-refractivity contribution in [2.75, 3.05) is 11.9 Å². The summed E-state index contributed by atoms with van der Waals surface area (Å²) in [6.07, 6.45) is 0.649. The number of hydrogen-bond acceptors (Lipinski definition) is 3. The van der Waals surface area contributed by atoms with E-state index >= 15 is 0 Å². The van der Waals surface area contributed by atoms with Crippen LogP contribution in [0.4, 0.5) is 10.5 Å². The Kier molecular flexibility index (Phi) is 7.70. The van der Waals surface area contributed by atoms with Gasteiger partial charge in [0.05, 0.1) is 22.2 Å². The molecule has 2 aromatic carbocycles. The molecule has 172 valence electrons. The second-order valence-corrected chi connectivity index (χ2v) is 9.90. The first-order valence-electron chi connectivity index (χ1n) is 10.6. The topological polar surface area (TPSA) is 81.7 Å². The molecular weight excluding hydrogens is 449 g/mol. The van der Waals surface area contributed by atoms with Gasteiger partial charge < -0.3 is 20.6 Å². The van der Waals surface area contributed by atoms with Gasteiger partial charge in [-0.2, -0.15) is 0 Å². The van der Waals surface area contributed by atoms with Crippen LogP contribution >= 0.6 is 23.2 Å². The first-order chi connectivity index (χ1) is 15.1. The fourth-order valence-corrected chi connectivity index (χ4v) is 3.95. The largest absolute Gasteiger partial charge is 0.386 e. The summed E-state index contributed by atoms with van der Waals surface area (Å²) in [5, 5.41) is 17.5. The maximum absolute atomic E-state index is 12.9. The minimum Gasteiger partial charge on any atom is -0.386 e. The average molecular weight is 478 g/mol. The zero-order valence-corrected chi connectivity index (χ0v) is 20.0. The smallest absolute Gasteiger partial charge is 0.322 e. The highest BCUT2D eigenvalue weighted by Crippen LogP contribution is 2.33. The number of hydrogen-bond donors (Lipinski definition) is 3. The number of amides is 3. The summed E-state index contributed by atoms with van der Waals surface area (Å²) in [6, 6.07) is 11.7. The molecule has 6 nitrogen and oxygen atoms in total. The van der Waals surface area contributed by atoms with Crippen LogP contribution in [0.1, 0.15) is 50.8 Å². The average Bonchev–Trinajstić information content (AvgIpc) is 3.24. The number of carbonyl (C=O) groups is 2. The van der Waals surface area contributed by atoms with Gasteiger partial charge in [-0.15, -0.1) is 0 Å². The highest BCUT2D eigenvalue weighted by molar-refractivity contribution is 6.42. The summed E-state index contributed by atoms with van der Waals surface area (Å²) in [6.45, 7) is 6.58. The minimum atomic E-state index is -0.855. The summed E-state index contributed by atoms with van der Waals surface area (Å²) in [5.41, 5.74) is 1.78. The SMILES string of the molecule is CC(C)(C)C(=O)NCc1ccc(NC(=O)N2CCC[C@@H]2[C@H](O)c2ccc(Cl)c(Cl)c2)cc1. The van der Waals surface area contributed by atoms with Crippen LogP contribution in [0.3, 0.4) is 0 Å². The molecule has 2 atom stereocenters. The summed E-state index contributed by atoms with van der Waals surface area (Å²) < 4.78 is 0. The lowest BCUT2D eigenvalue weighted by Crippen LogP contribution is -2.41. The molecule has 1 fully saturated rings. The van der Waals surface area contributed by atoms with Crippen molar-refractivity contribution >= 4 is 40.8 Å². The van der Waals surface area contributed by atoms with Gasteiger partial charge in [0.1, 0.15) is 0 Å². The summed E-state index contributed by atoms with van der Waals surface area (Å²) in [5.74, 6) is -0.0181. The number of aliphatic hydroxyl groups is 1. The highest BCUT2D eigenvalue weighted by Gasteiger charge is 2.35. The molecule has 0 bridgehead atoms. The van der Waals surface area contributed by atoms with E-state index in [4.69, 9.17) is 23.2 Å². The van der Waals surface area contributed by atoms with Crippen LogP contribution in [-0.4, -0.2) is 34.5 Å². The van der Waals surface area contributed by atoms with E-state index in [-0.39, 0.29) is 18.0 Å². The summed E-state index contributed by atoms with van der Waals surface area (Å²) in [4.78, 5) is 26.6. The Morgan fingerprint density at radius 2 is 1.81 bits per heavy atom. The third-order valence-electron chi connectivity index (χ3n) is 5.55. The van der Waals surface area contributed by atoms with Gasteiger partial charge in [0.2, 0.25) is 5.91 Å². The normalized spacial score (nSPS) is 17.2. The number of halogens is 2. The Hall–Kier alpha value is -2.28. The van der Waals surface area contributed by atoms with Gasteiger partial charge in [-0.3, -0.25) is 4.79 Å². The molecule has 8 heteroatoms. The van der Waals surface area contributed by atoms with E-state index in [0.717, 1.165) is 12.0 Å². The van der Waals surface area contributed by atoms with Crippen LogP contribution in [0.25, 0.3) is 0 Å². The predicted octanol–water partition coefficient (Wildman–Crippen LogP) is 5.39. The Bertz CT molecular complexity index is 973. The Morgan fingerprint density at radius 3 is 2.44 bits per heavy atom.